The van der Waals surface area contributed by atoms with E-state index in [1.165, 1.54) is 6.92 Å². The van der Waals surface area contributed by atoms with Crippen molar-refractivity contribution in [3.05, 3.63) is 0 Å². The molecule has 1 heterocycles. The molecule has 4 nitrogen and oxygen atoms in total. The van der Waals surface area contributed by atoms with Crippen LogP contribution in [0.4, 0.5) is 0 Å². The summed E-state index contributed by atoms with van der Waals surface area (Å²) in [6.07, 6.45) is -0.157. The van der Waals surface area contributed by atoms with E-state index in [1.807, 2.05) is 6.92 Å². The zero-order valence-corrected chi connectivity index (χ0v) is 9.86. The summed E-state index contributed by atoms with van der Waals surface area (Å²) in [7, 11) is 0. The van der Waals surface area contributed by atoms with Crippen molar-refractivity contribution in [2.75, 3.05) is 6.61 Å². The van der Waals surface area contributed by atoms with Crippen molar-refractivity contribution < 1.29 is 14.6 Å². The highest BCUT2D eigenvalue weighted by Gasteiger charge is 2.43. The van der Waals surface area contributed by atoms with Gasteiger partial charge in [0.15, 0.2) is 0 Å². The first-order chi connectivity index (χ1) is 6.97. The van der Waals surface area contributed by atoms with E-state index in [1.54, 1.807) is 0 Å². The number of aliphatic hydroxyl groups excluding tert-OH is 1. The van der Waals surface area contributed by atoms with Crippen LogP contribution in [-0.2, 0) is 9.53 Å². The number of hydrogen-bond acceptors (Lipinski definition) is 3. The molecule has 1 aliphatic heterocycles. The summed E-state index contributed by atoms with van der Waals surface area (Å²) in [6, 6.07) is 0.0136. The zero-order valence-electron chi connectivity index (χ0n) is 9.86. The van der Waals surface area contributed by atoms with Crippen LogP contribution in [0.2, 0.25) is 0 Å². The van der Waals surface area contributed by atoms with Crippen molar-refractivity contribution in [2.45, 2.75) is 45.9 Å². The number of nitrogens with one attached hydrogen (secondary N) is 1. The number of carbonyl (C=O) groups excluding carboxylic acids is 1. The Bertz CT molecular complexity index is 230. The molecule has 1 fully saturated rings. The molecule has 0 spiro atoms. The minimum atomic E-state index is -0.158. The van der Waals surface area contributed by atoms with Gasteiger partial charge in [0.2, 0.25) is 5.91 Å². The van der Waals surface area contributed by atoms with E-state index >= 15 is 0 Å². The minimum Gasteiger partial charge on any atom is -0.394 e. The zero-order chi connectivity index (χ0) is 11.6. The Labute approximate surface area is 91.0 Å². The van der Waals surface area contributed by atoms with Crippen LogP contribution >= 0.6 is 0 Å². The van der Waals surface area contributed by atoms with Crippen LogP contribution in [0.15, 0.2) is 0 Å². The van der Waals surface area contributed by atoms with Crippen LogP contribution in [-0.4, -0.2) is 35.9 Å². The quantitative estimate of drug-likeness (QED) is 0.722. The Morgan fingerprint density at radius 2 is 2.13 bits per heavy atom. The van der Waals surface area contributed by atoms with Crippen LogP contribution in [0.3, 0.4) is 0 Å². The van der Waals surface area contributed by atoms with E-state index in [4.69, 9.17) is 9.84 Å². The van der Waals surface area contributed by atoms with Gasteiger partial charge in [-0.05, 0) is 5.92 Å². The third-order valence-corrected chi connectivity index (χ3v) is 3.05. The summed E-state index contributed by atoms with van der Waals surface area (Å²) < 4.78 is 5.73. The van der Waals surface area contributed by atoms with Gasteiger partial charge in [0, 0.05) is 12.8 Å². The lowest BCUT2D eigenvalue weighted by Crippen LogP contribution is -2.45. The highest BCUT2D eigenvalue weighted by Crippen LogP contribution is 2.30. The van der Waals surface area contributed by atoms with Crippen LogP contribution in [0.1, 0.15) is 27.7 Å². The molecule has 1 aliphatic rings. The van der Waals surface area contributed by atoms with Crippen LogP contribution in [0.5, 0.6) is 0 Å². The molecule has 4 heteroatoms. The van der Waals surface area contributed by atoms with Gasteiger partial charge in [0.1, 0.15) is 0 Å². The lowest BCUT2D eigenvalue weighted by atomic mass is 9.91. The fourth-order valence-corrected chi connectivity index (χ4v) is 2.17. The van der Waals surface area contributed by atoms with Crippen LogP contribution < -0.4 is 5.32 Å². The van der Waals surface area contributed by atoms with Gasteiger partial charge in [-0.2, -0.15) is 0 Å². The first-order valence-electron chi connectivity index (χ1n) is 5.50. The smallest absolute Gasteiger partial charge is 0.217 e. The molecule has 15 heavy (non-hydrogen) atoms. The molecular weight excluding hydrogens is 194 g/mol. The van der Waals surface area contributed by atoms with Crippen molar-refractivity contribution in [3.63, 3.8) is 0 Å². The highest BCUT2D eigenvalue weighted by atomic mass is 16.5. The van der Waals surface area contributed by atoms with E-state index in [9.17, 15) is 4.79 Å². The molecule has 0 bridgehead atoms. The number of rotatable bonds is 3. The molecule has 0 aromatic rings. The molecule has 4 unspecified atom stereocenters. The molecule has 0 aromatic carbocycles. The van der Waals surface area contributed by atoms with Gasteiger partial charge >= 0.3 is 0 Å². The third kappa shape index (κ3) is 2.69. The van der Waals surface area contributed by atoms with Crippen molar-refractivity contribution in [2.24, 2.45) is 11.8 Å². The predicted molar refractivity (Wildman–Crippen MR) is 57.4 cm³/mol. The van der Waals surface area contributed by atoms with Gasteiger partial charge in [-0.3, -0.25) is 4.79 Å². The van der Waals surface area contributed by atoms with Gasteiger partial charge in [-0.15, -0.1) is 0 Å². The lowest BCUT2D eigenvalue weighted by Gasteiger charge is -2.24. The normalized spacial score (nSPS) is 35.9. The lowest BCUT2D eigenvalue weighted by molar-refractivity contribution is -0.120. The molecule has 0 radical (unpaired) electrons. The molecule has 1 rings (SSSR count). The third-order valence-electron chi connectivity index (χ3n) is 3.05. The van der Waals surface area contributed by atoms with Gasteiger partial charge in [0.25, 0.3) is 0 Å². The van der Waals surface area contributed by atoms with Gasteiger partial charge in [-0.1, -0.05) is 20.8 Å². The molecule has 1 saturated heterocycles. The van der Waals surface area contributed by atoms with Gasteiger partial charge in [-0.25, -0.2) is 0 Å². The highest BCUT2D eigenvalue weighted by molar-refractivity contribution is 5.73. The summed E-state index contributed by atoms with van der Waals surface area (Å²) >= 11 is 0. The summed E-state index contributed by atoms with van der Waals surface area (Å²) in [5, 5.41) is 12.1. The Kier molecular flexibility index (Phi) is 4.11. The monoisotopic (exact) mass is 215 g/mol. The topological polar surface area (TPSA) is 58.6 Å². The second-order valence-corrected chi connectivity index (χ2v) is 4.65. The number of ether oxygens (including phenoxy) is 1. The molecule has 4 atom stereocenters. The summed E-state index contributed by atoms with van der Waals surface area (Å²) in [4.78, 5) is 11.1. The van der Waals surface area contributed by atoms with Crippen LogP contribution in [0, 0.1) is 11.8 Å². The maximum absolute atomic E-state index is 11.1. The Balaban J connectivity index is 2.74. The van der Waals surface area contributed by atoms with E-state index in [-0.39, 0.29) is 36.7 Å². The Morgan fingerprint density at radius 1 is 1.53 bits per heavy atom. The average Bonchev–Trinajstić information content (AvgIpc) is 2.43. The molecule has 2 N–H and O–H groups in total. The SMILES string of the molecule is CC(=O)NC1C(C)C(CO)OC1C(C)C. The first-order valence-corrected chi connectivity index (χ1v) is 5.50. The standard InChI is InChI=1S/C11H21NO3/c1-6(2)11-10(12-8(4)14)7(3)9(5-13)15-11/h6-7,9-11,13H,5H2,1-4H3,(H,12,14). The summed E-state index contributed by atoms with van der Waals surface area (Å²) in [5.41, 5.74) is 0. The predicted octanol–water partition coefficient (Wildman–Crippen LogP) is 0.543. The Morgan fingerprint density at radius 3 is 2.53 bits per heavy atom. The number of aliphatic hydroxyl groups is 1. The fraction of sp³-hybridized carbons (Fsp3) is 0.909. The molecule has 1 amide bonds. The van der Waals surface area contributed by atoms with Crippen LogP contribution in [0.25, 0.3) is 0 Å². The van der Waals surface area contributed by atoms with Gasteiger partial charge in [0.05, 0.1) is 24.9 Å². The Hall–Kier alpha value is -0.610. The van der Waals surface area contributed by atoms with E-state index in [0.717, 1.165) is 0 Å². The van der Waals surface area contributed by atoms with Crippen molar-refractivity contribution in [1.29, 1.82) is 0 Å². The molecule has 0 aromatic heterocycles. The second kappa shape index (κ2) is 4.94. The molecular formula is C11H21NO3. The fourth-order valence-electron chi connectivity index (χ4n) is 2.17. The number of carbonyl (C=O) groups is 1. The number of hydrogen-bond donors (Lipinski definition) is 2. The number of amides is 1. The van der Waals surface area contributed by atoms with E-state index < -0.39 is 0 Å². The maximum atomic E-state index is 11.1. The van der Waals surface area contributed by atoms with E-state index in [2.05, 4.69) is 19.2 Å². The minimum absolute atomic E-state index is 0.000972. The largest absolute Gasteiger partial charge is 0.394 e. The second-order valence-electron chi connectivity index (χ2n) is 4.65. The van der Waals surface area contributed by atoms with Crippen molar-refractivity contribution >= 4 is 5.91 Å². The maximum Gasteiger partial charge on any atom is 0.217 e. The van der Waals surface area contributed by atoms with Crippen molar-refractivity contribution in [1.82, 2.24) is 5.32 Å². The van der Waals surface area contributed by atoms with Crippen molar-refractivity contribution in [3.8, 4) is 0 Å². The summed E-state index contributed by atoms with van der Waals surface area (Å²) in [6.45, 7) is 7.65. The average molecular weight is 215 g/mol. The molecule has 0 saturated carbocycles. The summed E-state index contributed by atoms with van der Waals surface area (Å²) in [5.74, 6) is 0.451. The molecule has 0 aliphatic carbocycles. The van der Waals surface area contributed by atoms with E-state index in [0.29, 0.717) is 5.92 Å². The first kappa shape index (κ1) is 12.5. The molecule has 88 valence electrons. The van der Waals surface area contributed by atoms with Gasteiger partial charge < -0.3 is 15.2 Å².